The molecule has 2 aliphatic heterocycles. The normalized spacial score (nSPS) is 27.5. The first kappa shape index (κ1) is 19.3. The number of carbonyl (C=O) groups is 1. The van der Waals surface area contributed by atoms with Crippen LogP contribution in [0.15, 0.2) is 30.3 Å². The minimum atomic E-state index is 0.211. The first-order valence-corrected chi connectivity index (χ1v) is 10.2. The summed E-state index contributed by atoms with van der Waals surface area (Å²) >= 11 is 0. The molecule has 0 spiro atoms. The Morgan fingerprint density at radius 3 is 2.42 bits per heavy atom. The van der Waals surface area contributed by atoms with Gasteiger partial charge in [-0.15, -0.1) is 0 Å². The van der Waals surface area contributed by atoms with Crippen molar-refractivity contribution in [2.75, 3.05) is 19.6 Å². The van der Waals surface area contributed by atoms with E-state index in [1.54, 1.807) is 0 Å². The molecule has 144 valence electrons. The fourth-order valence-electron chi connectivity index (χ4n) is 4.24. The first-order chi connectivity index (χ1) is 12.6. The van der Waals surface area contributed by atoms with Gasteiger partial charge < -0.3 is 5.32 Å². The number of hydrazine groups is 1. The lowest BCUT2D eigenvalue weighted by molar-refractivity contribution is -0.121. The van der Waals surface area contributed by atoms with E-state index in [1.807, 2.05) is 0 Å². The summed E-state index contributed by atoms with van der Waals surface area (Å²) < 4.78 is 0. The van der Waals surface area contributed by atoms with Crippen molar-refractivity contribution in [2.24, 2.45) is 11.8 Å². The van der Waals surface area contributed by atoms with E-state index in [4.69, 9.17) is 0 Å². The number of likely N-dealkylation sites (tertiary alicyclic amines) is 1. The maximum Gasteiger partial charge on any atom is 0.220 e. The molecular weight excluding hydrogens is 324 g/mol. The van der Waals surface area contributed by atoms with E-state index in [0.29, 0.717) is 30.3 Å². The Bertz CT molecular complexity index is 546. The van der Waals surface area contributed by atoms with Crippen molar-refractivity contribution in [3.8, 4) is 0 Å². The fourth-order valence-corrected chi connectivity index (χ4v) is 4.24. The summed E-state index contributed by atoms with van der Waals surface area (Å²) in [7, 11) is 0. The van der Waals surface area contributed by atoms with E-state index >= 15 is 0 Å². The van der Waals surface area contributed by atoms with Crippen LogP contribution in [0.25, 0.3) is 0 Å². The number of nitrogens with one attached hydrogen (secondary N) is 3. The van der Waals surface area contributed by atoms with Crippen molar-refractivity contribution in [1.29, 1.82) is 0 Å². The monoisotopic (exact) mass is 358 g/mol. The summed E-state index contributed by atoms with van der Waals surface area (Å²) in [6.45, 7) is 8.50. The number of nitrogens with zero attached hydrogens (tertiary/aromatic N) is 1. The molecule has 2 saturated heterocycles. The van der Waals surface area contributed by atoms with Crippen molar-refractivity contribution in [3.05, 3.63) is 35.9 Å². The minimum Gasteiger partial charge on any atom is -0.356 e. The Balaban J connectivity index is 1.30. The van der Waals surface area contributed by atoms with Gasteiger partial charge in [0, 0.05) is 31.6 Å². The molecule has 26 heavy (non-hydrogen) atoms. The van der Waals surface area contributed by atoms with Crippen molar-refractivity contribution in [2.45, 2.75) is 58.2 Å². The number of hydrogen-bond acceptors (Lipinski definition) is 4. The highest BCUT2D eigenvalue weighted by Gasteiger charge is 2.29. The number of hydrogen-bond donors (Lipinski definition) is 3. The Morgan fingerprint density at radius 1 is 1.12 bits per heavy atom. The lowest BCUT2D eigenvalue weighted by Gasteiger charge is -2.32. The molecule has 2 atom stereocenters. The molecule has 0 aliphatic carbocycles. The molecule has 0 saturated carbocycles. The number of benzene rings is 1. The lowest BCUT2D eigenvalue weighted by Crippen LogP contribution is -2.38. The van der Waals surface area contributed by atoms with Gasteiger partial charge in [0.15, 0.2) is 0 Å². The molecule has 3 N–H and O–H groups in total. The van der Waals surface area contributed by atoms with Gasteiger partial charge in [0.25, 0.3) is 0 Å². The van der Waals surface area contributed by atoms with Gasteiger partial charge in [-0.3, -0.25) is 20.5 Å². The molecule has 1 aromatic rings. The summed E-state index contributed by atoms with van der Waals surface area (Å²) in [5, 5.41) is 3.17. The Labute approximate surface area is 157 Å². The molecule has 1 amide bonds. The largest absolute Gasteiger partial charge is 0.356 e. The van der Waals surface area contributed by atoms with Crippen LogP contribution in [-0.2, 0) is 11.3 Å². The van der Waals surface area contributed by atoms with Gasteiger partial charge >= 0.3 is 0 Å². The van der Waals surface area contributed by atoms with Crippen LogP contribution >= 0.6 is 0 Å². The number of carbonyl (C=O) groups excluding carboxylic acids is 1. The Hall–Kier alpha value is -1.43. The second-order valence-corrected chi connectivity index (χ2v) is 8.08. The van der Waals surface area contributed by atoms with E-state index in [9.17, 15) is 4.79 Å². The molecule has 5 heteroatoms. The smallest absolute Gasteiger partial charge is 0.220 e. The highest BCUT2D eigenvalue weighted by atomic mass is 16.1. The van der Waals surface area contributed by atoms with Crippen LogP contribution in [0.2, 0.25) is 0 Å². The molecule has 3 rings (SSSR count). The molecule has 1 aromatic carbocycles. The van der Waals surface area contributed by atoms with Crippen LogP contribution in [0.4, 0.5) is 0 Å². The third kappa shape index (κ3) is 5.53. The van der Waals surface area contributed by atoms with Crippen LogP contribution in [0, 0.1) is 11.8 Å². The first-order valence-electron chi connectivity index (χ1n) is 10.2. The van der Waals surface area contributed by atoms with Gasteiger partial charge in [-0.2, -0.15) is 0 Å². The predicted octanol–water partition coefficient (Wildman–Crippen LogP) is 2.30. The van der Waals surface area contributed by atoms with E-state index in [0.717, 1.165) is 32.6 Å². The molecular formula is C21H34N4O. The average molecular weight is 359 g/mol. The number of rotatable bonds is 7. The Morgan fingerprint density at radius 2 is 1.77 bits per heavy atom. The van der Waals surface area contributed by atoms with Gasteiger partial charge in [-0.1, -0.05) is 30.3 Å². The number of amides is 1. The Kier molecular flexibility index (Phi) is 7.06. The van der Waals surface area contributed by atoms with E-state index in [2.05, 4.69) is 65.2 Å². The van der Waals surface area contributed by atoms with E-state index < -0.39 is 0 Å². The van der Waals surface area contributed by atoms with Crippen LogP contribution in [0.3, 0.4) is 0 Å². The van der Waals surface area contributed by atoms with Gasteiger partial charge in [-0.05, 0) is 63.6 Å². The zero-order chi connectivity index (χ0) is 18.4. The molecule has 2 heterocycles. The predicted molar refractivity (Wildman–Crippen MR) is 105 cm³/mol. The molecule has 2 fully saturated rings. The standard InChI is InChI=1S/C21H34N4O/c1-16-20(17(2)24-23-16)8-9-21(26)22-14-18-10-12-25(13-11-18)15-19-6-4-3-5-7-19/h3-7,16-18,20,23-24H,8-15H2,1-2H3,(H,22,26). The maximum absolute atomic E-state index is 12.2. The molecule has 0 radical (unpaired) electrons. The quantitative estimate of drug-likeness (QED) is 0.700. The molecule has 0 aromatic heterocycles. The van der Waals surface area contributed by atoms with E-state index in [1.165, 1.54) is 18.4 Å². The van der Waals surface area contributed by atoms with Gasteiger partial charge in [0.05, 0.1) is 0 Å². The van der Waals surface area contributed by atoms with Crippen molar-refractivity contribution < 1.29 is 4.79 Å². The van der Waals surface area contributed by atoms with Crippen molar-refractivity contribution in [3.63, 3.8) is 0 Å². The second kappa shape index (κ2) is 9.49. The lowest BCUT2D eigenvalue weighted by atomic mass is 9.91. The summed E-state index contributed by atoms with van der Waals surface area (Å²) in [6, 6.07) is 11.6. The van der Waals surface area contributed by atoms with Crippen LogP contribution in [0.5, 0.6) is 0 Å². The van der Waals surface area contributed by atoms with Crippen LogP contribution in [-0.4, -0.2) is 42.5 Å². The van der Waals surface area contributed by atoms with Gasteiger partial charge in [0.1, 0.15) is 0 Å². The third-order valence-electron chi connectivity index (χ3n) is 6.07. The summed E-state index contributed by atoms with van der Waals surface area (Å²) in [5.74, 6) is 1.36. The van der Waals surface area contributed by atoms with Crippen LogP contribution < -0.4 is 16.2 Å². The van der Waals surface area contributed by atoms with Crippen molar-refractivity contribution >= 4 is 5.91 Å². The summed E-state index contributed by atoms with van der Waals surface area (Å²) in [6.07, 6.45) is 3.94. The highest BCUT2D eigenvalue weighted by molar-refractivity contribution is 5.75. The van der Waals surface area contributed by atoms with Crippen LogP contribution in [0.1, 0.15) is 45.1 Å². The second-order valence-electron chi connectivity index (χ2n) is 8.08. The maximum atomic E-state index is 12.2. The summed E-state index contributed by atoms with van der Waals surface area (Å²) in [4.78, 5) is 14.7. The number of piperidine rings is 1. The van der Waals surface area contributed by atoms with Gasteiger partial charge in [-0.25, -0.2) is 0 Å². The topological polar surface area (TPSA) is 56.4 Å². The minimum absolute atomic E-state index is 0.211. The third-order valence-corrected chi connectivity index (χ3v) is 6.07. The summed E-state index contributed by atoms with van der Waals surface area (Å²) in [5.41, 5.74) is 7.91. The molecule has 5 nitrogen and oxygen atoms in total. The fraction of sp³-hybridized carbons (Fsp3) is 0.667. The molecule has 2 aliphatic rings. The zero-order valence-corrected chi connectivity index (χ0v) is 16.2. The zero-order valence-electron chi connectivity index (χ0n) is 16.2. The molecule has 2 unspecified atom stereocenters. The van der Waals surface area contributed by atoms with Crippen molar-refractivity contribution in [1.82, 2.24) is 21.1 Å². The SMILES string of the molecule is CC1NNC(C)C1CCC(=O)NCC1CCN(Cc2ccccc2)CC1. The van der Waals surface area contributed by atoms with Gasteiger partial charge in [0.2, 0.25) is 5.91 Å². The highest BCUT2D eigenvalue weighted by Crippen LogP contribution is 2.21. The molecule has 0 bridgehead atoms. The van der Waals surface area contributed by atoms with E-state index in [-0.39, 0.29) is 5.91 Å². The average Bonchev–Trinajstić information content (AvgIpc) is 2.98.